The van der Waals surface area contributed by atoms with Gasteiger partial charge in [-0.2, -0.15) is 0 Å². The minimum absolute atomic E-state index is 0.180. The highest BCUT2D eigenvalue weighted by atomic mass is 32.1. The maximum Gasteiger partial charge on any atom is 0.265 e. The fourth-order valence-electron chi connectivity index (χ4n) is 2.10. The minimum atomic E-state index is -0.201. The molecule has 0 radical (unpaired) electrons. The zero-order chi connectivity index (χ0) is 16.9. The van der Waals surface area contributed by atoms with E-state index >= 15 is 0 Å². The summed E-state index contributed by atoms with van der Waals surface area (Å²) in [6, 6.07) is 10.4. The van der Waals surface area contributed by atoms with Gasteiger partial charge in [0.25, 0.3) is 11.8 Å². The van der Waals surface area contributed by atoms with E-state index in [-0.39, 0.29) is 11.8 Å². The van der Waals surface area contributed by atoms with Crippen LogP contribution in [-0.2, 0) is 6.54 Å². The molecule has 7 heteroatoms. The first-order chi connectivity index (χ1) is 11.6. The molecule has 0 unspecified atom stereocenters. The molecule has 0 fully saturated rings. The summed E-state index contributed by atoms with van der Waals surface area (Å²) in [5.41, 5.74) is 1.92. The van der Waals surface area contributed by atoms with Crippen LogP contribution in [-0.4, -0.2) is 16.8 Å². The second-order valence-corrected chi connectivity index (χ2v) is 7.06. The predicted molar refractivity (Wildman–Crippen MR) is 96.7 cm³/mol. The van der Waals surface area contributed by atoms with Crippen LogP contribution in [0.25, 0.3) is 0 Å². The van der Waals surface area contributed by atoms with Crippen molar-refractivity contribution in [2.75, 3.05) is 5.32 Å². The van der Waals surface area contributed by atoms with Crippen LogP contribution >= 0.6 is 22.7 Å². The molecule has 0 aliphatic heterocycles. The number of hydrogen-bond donors (Lipinski definition) is 2. The van der Waals surface area contributed by atoms with E-state index in [9.17, 15) is 9.59 Å². The van der Waals surface area contributed by atoms with Crippen molar-refractivity contribution in [1.29, 1.82) is 0 Å². The first-order valence-corrected chi connectivity index (χ1v) is 9.02. The Labute approximate surface area is 147 Å². The Bertz CT molecular complexity index is 856. The van der Waals surface area contributed by atoms with Gasteiger partial charge in [-0.25, -0.2) is 4.98 Å². The van der Waals surface area contributed by atoms with Crippen LogP contribution in [0.4, 0.5) is 5.69 Å². The van der Waals surface area contributed by atoms with Gasteiger partial charge in [-0.05, 0) is 36.6 Å². The van der Waals surface area contributed by atoms with Crippen molar-refractivity contribution in [3.63, 3.8) is 0 Å². The quantitative estimate of drug-likeness (QED) is 0.731. The Hall–Kier alpha value is -2.51. The molecule has 0 bridgehead atoms. The van der Waals surface area contributed by atoms with E-state index < -0.39 is 0 Å². The Kier molecular flexibility index (Phi) is 5.02. The number of aryl methyl sites for hydroxylation is 1. The average molecular weight is 357 g/mol. The van der Waals surface area contributed by atoms with Gasteiger partial charge < -0.3 is 10.6 Å². The summed E-state index contributed by atoms with van der Waals surface area (Å²) >= 11 is 2.92. The number of aromatic nitrogens is 1. The Morgan fingerprint density at radius 2 is 2.00 bits per heavy atom. The number of carbonyl (C=O) groups is 2. The number of nitrogens with one attached hydrogen (secondary N) is 2. The number of thiophene rings is 1. The molecule has 2 N–H and O–H groups in total. The number of amides is 2. The molecular weight excluding hydrogens is 342 g/mol. The topological polar surface area (TPSA) is 71.1 Å². The van der Waals surface area contributed by atoms with Crippen molar-refractivity contribution >= 4 is 40.2 Å². The summed E-state index contributed by atoms with van der Waals surface area (Å²) in [5, 5.41) is 10.4. The molecule has 0 spiro atoms. The minimum Gasteiger partial charge on any atom is -0.346 e. The third kappa shape index (κ3) is 4.06. The van der Waals surface area contributed by atoms with Gasteiger partial charge in [0.15, 0.2) is 0 Å². The van der Waals surface area contributed by atoms with Crippen LogP contribution in [0, 0.1) is 6.92 Å². The molecular formula is C17H15N3O2S2. The van der Waals surface area contributed by atoms with Gasteiger partial charge in [0.1, 0.15) is 0 Å². The lowest BCUT2D eigenvalue weighted by Gasteiger charge is -2.07. The van der Waals surface area contributed by atoms with Crippen molar-refractivity contribution in [3.8, 4) is 0 Å². The number of benzene rings is 1. The molecule has 5 nitrogen and oxygen atoms in total. The van der Waals surface area contributed by atoms with Gasteiger partial charge >= 0.3 is 0 Å². The fourth-order valence-corrected chi connectivity index (χ4v) is 3.33. The highest BCUT2D eigenvalue weighted by Gasteiger charge is 2.10. The van der Waals surface area contributed by atoms with E-state index in [1.807, 2.05) is 23.8 Å². The molecule has 0 saturated heterocycles. The SMILES string of the molecule is Cc1nc(CNC(=O)c2cccc(NC(=O)c3cccs3)c2)cs1. The molecule has 0 aliphatic carbocycles. The summed E-state index contributed by atoms with van der Waals surface area (Å²) in [6.07, 6.45) is 0. The molecule has 0 aliphatic rings. The molecule has 2 amide bonds. The smallest absolute Gasteiger partial charge is 0.265 e. The number of nitrogens with zero attached hydrogens (tertiary/aromatic N) is 1. The third-order valence-electron chi connectivity index (χ3n) is 3.22. The summed E-state index contributed by atoms with van der Waals surface area (Å²) in [5.74, 6) is -0.381. The maximum atomic E-state index is 12.2. The highest BCUT2D eigenvalue weighted by molar-refractivity contribution is 7.12. The van der Waals surface area contributed by atoms with Crippen LogP contribution in [0.15, 0.2) is 47.2 Å². The molecule has 24 heavy (non-hydrogen) atoms. The Morgan fingerprint density at radius 1 is 1.12 bits per heavy atom. The number of carbonyl (C=O) groups excluding carboxylic acids is 2. The summed E-state index contributed by atoms with van der Waals surface area (Å²) in [4.78, 5) is 29.2. The second-order valence-electron chi connectivity index (χ2n) is 5.05. The average Bonchev–Trinajstić information content (AvgIpc) is 3.24. The normalized spacial score (nSPS) is 10.4. The van der Waals surface area contributed by atoms with E-state index in [0.717, 1.165) is 10.7 Å². The van der Waals surface area contributed by atoms with Gasteiger partial charge in [-0.15, -0.1) is 22.7 Å². The second kappa shape index (κ2) is 7.37. The number of hydrogen-bond acceptors (Lipinski definition) is 5. The van der Waals surface area contributed by atoms with Crippen molar-refractivity contribution in [2.45, 2.75) is 13.5 Å². The van der Waals surface area contributed by atoms with Gasteiger partial charge in [0, 0.05) is 16.6 Å². The molecule has 2 heterocycles. The summed E-state index contributed by atoms with van der Waals surface area (Å²) in [7, 11) is 0. The van der Waals surface area contributed by atoms with Crippen LogP contribution in [0.3, 0.4) is 0 Å². The zero-order valence-electron chi connectivity index (χ0n) is 12.9. The van der Waals surface area contributed by atoms with Gasteiger partial charge in [-0.1, -0.05) is 12.1 Å². The van der Waals surface area contributed by atoms with Crippen molar-refractivity contribution in [1.82, 2.24) is 10.3 Å². The van der Waals surface area contributed by atoms with E-state index in [1.165, 1.54) is 11.3 Å². The van der Waals surface area contributed by atoms with E-state index in [2.05, 4.69) is 15.6 Å². The standard InChI is InChI=1S/C17H15N3O2S2/c1-11-19-14(10-24-11)9-18-16(21)12-4-2-5-13(8-12)20-17(22)15-6-3-7-23-15/h2-8,10H,9H2,1H3,(H,18,21)(H,20,22). The van der Waals surface area contributed by atoms with Crippen LogP contribution in [0.2, 0.25) is 0 Å². The lowest BCUT2D eigenvalue weighted by molar-refractivity contribution is 0.0949. The van der Waals surface area contributed by atoms with Gasteiger partial charge in [0.05, 0.1) is 22.1 Å². The predicted octanol–water partition coefficient (Wildman–Crippen LogP) is 3.70. The molecule has 3 aromatic rings. The lowest BCUT2D eigenvalue weighted by Crippen LogP contribution is -2.23. The highest BCUT2D eigenvalue weighted by Crippen LogP contribution is 2.15. The van der Waals surface area contributed by atoms with Gasteiger partial charge in [-0.3, -0.25) is 9.59 Å². The van der Waals surface area contributed by atoms with Crippen molar-refractivity contribution in [2.24, 2.45) is 0 Å². The van der Waals surface area contributed by atoms with Crippen molar-refractivity contribution < 1.29 is 9.59 Å². The molecule has 0 atom stereocenters. The fraction of sp³-hybridized carbons (Fsp3) is 0.118. The van der Waals surface area contributed by atoms with Crippen LogP contribution < -0.4 is 10.6 Å². The largest absolute Gasteiger partial charge is 0.346 e. The number of anilines is 1. The first-order valence-electron chi connectivity index (χ1n) is 7.26. The molecule has 2 aromatic heterocycles. The van der Waals surface area contributed by atoms with Crippen LogP contribution in [0.1, 0.15) is 30.7 Å². The molecule has 0 saturated carbocycles. The lowest BCUT2D eigenvalue weighted by atomic mass is 10.2. The number of thiazole rings is 1. The third-order valence-corrected chi connectivity index (χ3v) is 4.92. The molecule has 1 aromatic carbocycles. The summed E-state index contributed by atoms with van der Waals surface area (Å²) in [6.45, 7) is 2.31. The molecule has 122 valence electrons. The maximum absolute atomic E-state index is 12.2. The first kappa shape index (κ1) is 16.4. The number of rotatable bonds is 5. The summed E-state index contributed by atoms with van der Waals surface area (Å²) < 4.78 is 0. The van der Waals surface area contributed by atoms with E-state index in [0.29, 0.717) is 22.7 Å². The van der Waals surface area contributed by atoms with Crippen LogP contribution in [0.5, 0.6) is 0 Å². The zero-order valence-corrected chi connectivity index (χ0v) is 14.5. The monoisotopic (exact) mass is 357 g/mol. The Balaban J connectivity index is 1.63. The Morgan fingerprint density at radius 3 is 2.71 bits per heavy atom. The van der Waals surface area contributed by atoms with E-state index in [4.69, 9.17) is 0 Å². The van der Waals surface area contributed by atoms with Gasteiger partial charge in [0.2, 0.25) is 0 Å². The van der Waals surface area contributed by atoms with Crippen molar-refractivity contribution in [3.05, 3.63) is 68.3 Å². The van der Waals surface area contributed by atoms with E-state index in [1.54, 1.807) is 41.7 Å². The molecule has 3 rings (SSSR count).